The molecule has 0 aliphatic heterocycles. The van der Waals surface area contributed by atoms with Crippen LogP contribution in [-0.4, -0.2) is 11.2 Å². The molecule has 0 bridgehead atoms. The summed E-state index contributed by atoms with van der Waals surface area (Å²) >= 11 is 0. The molecule has 0 aliphatic carbocycles. The maximum Gasteiger partial charge on any atom is 0.0722 e. The molecule has 13 heavy (non-hydrogen) atoms. The zero-order valence-corrected chi connectivity index (χ0v) is 8.41. The van der Waals surface area contributed by atoms with Gasteiger partial charge in [-0.15, -0.1) is 0 Å². The van der Waals surface area contributed by atoms with Gasteiger partial charge in [0.2, 0.25) is 0 Å². The summed E-state index contributed by atoms with van der Waals surface area (Å²) in [7, 11) is 0. The van der Waals surface area contributed by atoms with E-state index >= 15 is 0 Å². The fourth-order valence-corrected chi connectivity index (χ4v) is 1.14. The van der Waals surface area contributed by atoms with Gasteiger partial charge < -0.3 is 5.11 Å². The second-order valence-electron chi connectivity index (χ2n) is 3.48. The van der Waals surface area contributed by atoms with Crippen LogP contribution in [0.25, 0.3) is 6.08 Å². The Morgan fingerprint density at radius 3 is 2.69 bits per heavy atom. The third-order valence-corrected chi connectivity index (χ3v) is 2.10. The number of aliphatic hydroxyl groups is 1. The molecule has 0 heterocycles. The van der Waals surface area contributed by atoms with Crippen molar-refractivity contribution in [1.82, 2.24) is 0 Å². The lowest BCUT2D eigenvalue weighted by molar-refractivity contribution is 0.232. The summed E-state index contributed by atoms with van der Waals surface area (Å²) in [4.78, 5) is 0. The van der Waals surface area contributed by atoms with Crippen LogP contribution < -0.4 is 0 Å². The molecule has 0 saturated carbocycles. The van der Waals surface area contributed by atoms with Crippen LogP contribution in [0.4, 0.5) is 0 Å². The predicted molar refractivity (Wildman–Crippen MR) is 56.5 cm³/mol. The summed E-state index contributed by atoms with van der Waals surface area (Å²) in [6, 6.07) is 8.23. The molecule has 0 aliphatic rings. The van der Waals surface area contributed by atoms with Gasteiger partial charge in [-0.05, 0) is 31.9 Å². The Morgan fingerprint density at radius 1 is 1.46 bits per heavy atom. The monoisotopic (exact) mass is 176 g/mol. The van der Waals surface area contributed by atoms with Crippen LogP contribution in [0.5, 0.6) is 0 Å². The zero-order valence-electron chi connectivity index (χ0n) is 8.41. The second kappa shape index (κ2) is 4.24. The first kappa shape index (κ1) is 10.0. The fourth-order valence-electron chi connectivity index (χ4n) is 1.14. The van der Waals surface area contributed by atoms with Crippen LogP contribution in [0.2, 0.25) is 0 Å². The van der Waals surface area contributed by atoms with E-state index in [1.807, 2.05) is 25.1 Å². The maximum absolute atomic E-state index is 9.28. The van der Waals surface area contributed by atoms with Crippen molar-refractivity contribution in [3.63, 3.8) is 0 Å². The molecule has 1 unspecified atom stereocenters. The largest absolute Gasteiger partial charge is 0.389 e. The number of hydrogen-bond acceptors (Lipinski definition) is 1. The highest BCUT2D eigenvalue weighted by Crippen LogP contribution is 2.10. The van der Waals surface area contributed by atoms with Crippen LogP contribution in [0, 0.1) is 6.92 Å². The minimum absolute atomic E-state index is 0.361. The van der Waals surface area contributed by atoms with Crippen molar-refractivity contribution in [3.05, 3.63) is 41.0 Å². The van der Waals surface area contributed by atoms with Gasteiger partial charge in [0.1, 0.15) is 0 Å². The van der Waals surface area contributed by atoms with Crippen molar-refractivity contribution < 1.29 is 5.11 Å². The summed E-state index contributed by atoms with van der Waals surface area (Å²) in [6.45, 7) is 5.78. The Balaban J connectivity index is 2.91. The Morgan fingerprint density at radius 2 is 2.15 bits per heavy atom. The highest BCUT2D eigenvalue weighted by Gasteiger charge is 1.97. The quantitative estimate of drug-likeness (QED) is 0.734. The highest BCUT2D eigenvalue weighted by molar-refractivity contribution is 5.53. The van der Waals surface area contributed by atoms with E-state index < -0.39 is 0 Å². The zero-order chi connectivity index (χ0) is 9.84. The first-order chi connectivity index (χ1) is 6.09. The average molecular weight is 176 g/mol. The molecule has 1 atom stereocenters. The summed E-state index contributed by atoms with van der Waals surface area (Å²) in [5.74, 6) is 0. The van der Waals surface area contributed by atoms with Crippen molar-refractivity contribution in [2.45, 2.75) is 26.9 Å². The van der Waals surface area contributed by atoms with E-state index in [9.17, 15) is 5.11 Å². The molecular formula is C12H16O. The second-order valence-corrected chi connectivity index (χ2v) is 3.48. The first-order valence-corrected chi connectivity index (χ1v) is 4.52. The number of aryl methyl sites for hydroxylation is 1. The Hall–Kier alpha value is -1.08. The van der Waals surface area contributed by atoms with E-state index in [1.54, 1.807) is 6.92 Å². The van der Waals surface area contributed by atoms with Gasteiger partial charge in [-0.2, -0.15) is 0 Å². The van der Waals surface area contributed by atoms with Gasteiger partial charge in [0, 0.05) is 0 Å². The molecule has 1 aromatic rings. The molecule has 0 radical (unpaired) electrons. The van der Waals surface area contributed by atoms with Gasteiger partial charge in [0.05, 0.1) is 6.10 Å². The average Bonchev–Trinajstić information content (AvgIpc) is 2.04. The van der Waals surface area contributed by atoms with Crippen LogP contribution in [0.1, 0.15) is 25.0 Å². The molecule has 0 spiro atoms. The first-order valence-electron chi connectivity index (χ1n) is 4.52. The summed E-state index contributed by atoms with van der Waals surface area (Å²) in [6.07, 6.45) is 1.65. The maximum atomic E-state index is 9.28. The van der Waals surface area contributed by atoms with E-state index in [0.717, 1.165) is 11.1 Å². The Bertz CT molecular complexity index is 311. The SMILES string of the molecule is C/C(=C\c1cccc(C)c1)C(C)O. The van der Waals surface area contributed by atoms with Crippen LogP contribution in [0.15, 0.2) is 29.8 Å². The van der Waals surface area contributed by atoms with Crippen molar-refractivity contribution in [2.24, 2.45) is 0 Å². The lowest BCUT2D eigenvalue weighted by Crippen LogP contribution is -2.00. The molecule has 0 aromatic heterocycles. The number of hydrogen-bond donors (Lipinski definition) is 1. The van der Waals surface area contributed by atoms with E-state index in [0.29, 0.717) is 0 Å². The minimum atomic E-state index is -0.361. The van der Waals surface area contributed by atoms with Crippen molar-refractivity contribution in [3.8, 4) is 0 Å². The lowest BCUT2D eigenvalue weighted by Gasteiger charge is -2.04. The van der Waals surface area contributed by atoms with Crippen molar-refractivity contribution in [1.29, 1.82) is 0 Å². The van der Waals surface area contributed by atoms with E-state index in [-0.39, 0.29) is 6.10 Å². The van der Waals surface area contributed by atoms with Crippen molar-refractivity contribution >= 4 is 6.08 Å². The smallest absolute Gasteiger partial charge is 0.0722 e. The number of rotatable bonds is 2. The summed E-state index contributed by atoms with van der Waals surface area (Å²) < 4.78 is 0. The molecule has 70 valence electrons. The van der Waals surface area contributed by atoms with Gasteiger partial charge in [-0.1, -0.05) is 35.9 Å². The minimum Gasteiger partial charge on any atom is -0.389 e. The predicted octanol–water partition coefficient (Wildman–Crippen LogP) is 2.78. The molecule has 1 aromatic carbocycles. The van der Waals surface area contributed by atoms with Crippen LogP contribution in [-0.2, 0) is 0 Å². The summed E-state index contributed by atoms with van der Waals surface area (Å²) in [5, 5.41) is 9.28. The molecule has 1 heteroatoms. The Kier molecular flexibility index (Phi) is 3.26. The molecule has 0 fully saturated rings. The Labute approximate surface area is 79.7 Å². The number of aliphatic hydroxyl groups excluding tert-OH is 1. The van der Waals surface area contributed by atoms with Gasteiger partial charge in [0.15, 0.2) is 0 Å². The lowest BCUT2D eigenvalue weighted by atomic mass is 10.1. The van der Waals surface area contributed by atoms with Gasteiger partial charge >= 0.3 is 0 Å². The fraction of sp³-hybridized carbons (Fsp3) is 0.333. The molecular weight excluding hydrogens is 160 g/mol. The van der Waals surface area contributed by atoms with Gasteiger partial charge in [-0.3, -0.25) is 0 Å². The third-order valence-electron chi connectivity index (χ3n) is 2.10. The standard InChI is InChI=1S/C12H16O/c1-9-5-4-6-12(7-9)8-10(2)11(3)13/h4-8,11,13H,1-3H3/b10-8+. The number of benzene rings is 1. The molecule has 1 nitrogen and oxygen atoms in total. The molecule has 0 saturated heterocycles. The van der Waals surface area contributed by atoms with Gasteiger partial charge in [0.25, 0.3) is 0 Å². The van der Waals surface area contributed by atoms with Crippen LogP contribution >= 0.6 is 0 Å². The molecule has 0 amide bonds. The van der Waals surface area contributed by atoms with E-state index in [2.05, 4.69) is 19.1 Å². The van der Waals surface area contributed by atoms with Crippen LogP contribution in [0.3, 0.4) is 0 Å². The summed E-state index contributed by atoms with van der Waals surface area (Å²) in [5.41, 5.74) is 3.39. The molecule has 1 rings (SSSR count). The van der Waals surface area contributed by atoms with E-state index in [4.69, 9.17) is 0 Å². The normalized spacial score (nSPS) is 14.3. The van der Waals surface area contributed by atoms with Gasteiger partial charge in [-0.25, -0.2) is 0 Å². The van der Waals surface area contributed by atoms with E-state index in [1.165, 1.54) is 5.56 Å². The highest BCUT2D eigenvalue weighted by atomic mass is 16.3. The molecule has 1 N–H and O–H groups in total. The third kappa shape index (κ3) is 3.03. The van der Waals surface area contributed by atoms with Crippen molar-refractivity contribution in [2.75, 3.05) is 0 Å². The topological polar surface area (TPSA) is 20.2 Å².